The van der Waals surface area contributed by atoms with E-state index >= 15 is 0 Å². The molecule has 0 bridgehead atoms. The Morgan fingerprint density at radius 3 is 2.74 bits per heavy atom. The van der Waals surface area contributed by atoms with Gasteiger partial charge in [0.05, 0.1) is 20.0 Å². The van der Waals surface area contributed by atoms with Crippen molar-refractivity contribution in [1.29, 1.82) is 0 Å². The summed E-state index contributed by atoms with van der Waals surface area (Å²) in [5.74, 6) is 1.85. The van der Waals surface area contributed by atoms with E-state index in [0.717, 1.165) is 44.4 Å². The molecule has 1 aliphatic heterocycles. The quantitative estimate of drug-likeness (QED) is 0.815. The van der Waals surface area contributed by atoms with Gasteiger partial charge in [-0.1, -0.05) is 11.6 Å². The first-order valence-corrected chi connectivity index (χ1v) is 8.25. The fourth-order valence-electron chi connectivity index (χ4n) is 3.44. The number of nitrogens with one attached hydrogen (secondary N) is 1. The third kappa shape index (κ3) is 3.53. The van der Waals surface area contributed by atoms with Crippen LogP contribution in [-0.2, 0) is 11.2 Å². The molecule has 1 heterocycles. The smallest absolute Gasteiger partial charge is 0.160 e. The summed E-state index contributed by atoms with van der Waals surface area (Å²) < 4.78 is 10.5. The molecule has 0 saturated heterocycles. The van der Waals surface area contributed by atoms with E-state index in [1.807, 2.05) is 12.1 Å². The summed E-state index contributed by atoms with van der Waals surface area (Å²) in [6, 6.07) is 4.14. The maximum absolute atomic E-state index is 10.1. The van der Waals surface area contributed by atoms with Gasteiger partial charge in [-0.05, 0) is 61.6 Å². The normalized spacial score (nSPS) is 20.3. The number of rotatable bonds is 5. The summed E-state index contributed by atoms with van der Waals surface area (Å²) in [7, 11) is 3.33. The molecule has 1 aromatic rings. The molecule has 0 amide bonds. The predicted octanol–water partition coefficient (Wildman–Crippen LogP) is 3.62. The van der Waals surface area contributed by atoms with Crippen LogP contribution in [0.4, 0.5) is 0 Å². The van der Waals surface area contributed by atoms with Crippen LogP contribution in [0.1, 0.15) is 42.9 Å². The van der Waals surface area contributed by atoms with Gasteiger partial charge in [-0.3, -0.25) is 0 Å². The lowest BCUT2D eigenvalue weighted by Crippen LogP contribution is -2.29. The minimum Gasteiger partial charge on any atom is -0.504 e. The van der Waals surface area contributed by atoms with Crippen molar-refractivity contribution in [2.75, 3.05) is 20.8 Å². The molecule has 124 valence electrons. The Bertz CT molecular complexity index is 634. The molecule has 1 unspecified atom stereocenters. The highest BCUT2D eigenvalue weighted by Crippen LogP contribution is 2.36. The molecule has 1 aromatic carbocycles. The minimum absolute atomic E-state index is 0.226. The van der Waals surface area contributed by atoms with Gasteiger partial charge in [0.25, 0.3) is 0 Å². The molecule has 0 spiro atoms. The zero-order valence-electron chi connectivity index (χ0n) is 13.9. The van der Waals surface area contributed by atoms with E-state index in [1.165, 1.54) is 16.7 Å². The van der Waals surface area contributed by atoms with E-state index in [9.17, 15) is 5.11 Å². The standard InChI is InChI=1S/C19H25NO3/c1-22-15-6-3-13(4-7-15)5-8-17-16-12-18(21)19(23-2)11-14(16)9-10-20-17/h3,7,11-12,17,20-21H,4-6,8-10H2,1-2H3. The van der Waals surface area contributed by atoms with E-state index in [0.29, 0.717) is 11.8 Å². The SMILES string of the molecule is COC1=CCC(CCC2NCCc3cc(OC)c(O)cc32)=CC1. The molecule has 1 atom stereocenters. The molecule has 2 N–H and O–H groups in total. The molecule has 23 heavy (non-hydrogen) atoms. The minimum atomic E-state index is 0.226. The second kappa shape index (κ2) is 7.09. The van der Waals surface area contributed by atoms with Crippen molar-refractivity contribution in [2.45, 2.75) is 38.1 Å². The number of phenolic OH excluding ortho intramolecular Hbond substituents is 1. The van der Waals surface area contributed by atoms with Crippen molar-refractivity contribution >= 4 is 0 Å². The first-order chi connectivity index (χ1) is 11.2. The zero-order valence-corrected chi connectivity index (χ0v) is 13.9. The summed E-state index contributed by atoms with van der Waals surface area (Å²) in [5.41, 5.74) is 3.96. The van der Waals surface area contributed by atoms with Gasteiger partial charge in [-0.2, -0.15) is 0 Å². The molecule has 0 fully saturated rings. The first kappa shape index (κ1) is 15.9. The van der Waals surface area contributed by atoms with E-state index in [1.54, 1.807) is 14.2 Å². The molecule has 1 aliphatic carbocycles. The number of aromatic hydroxyl groups is 1. The van der Waals surface area contributed by atoms with Gasteiger partial charge < -0.3 is 19.9 Å². The lowest BCUT2D eigenvalue weighted by molar-refractivity contribution is 0.281. The highest BCUT2D eigenvalue weighted by Gasteiger charge is 2.22. The molecule has 0 aromatic heterocycles. The van der Waals surface area contributed by atoms with E-state index in [2.05, 4.69) is 17.5 Å². The maximum Gasteiger partial charge on any atom is 0.160 e. The fraction of sp³-hybridized carbons (Fsp3) is 0.474. The van der Waals surface area contributed by atoms with Crippen LogP contribution in [0.25, 0.3) is 0 Å². The topological polar surface area (TPSA) is 50.7 Å². The van der Waals surface area contributed by atoms with Gasteiger partial charge >= 0.3 is 0 Å². The number of allylic oxidation sites excluding steroid dienone is 3. The number of benzene rings is 1. The highest BCUT2D eigenvalue weighted by atomic mass is 16.5. The Hall–Kier alpha value is -1.94. The summed E-state index contributed by atoms with van der Waals surface area (Å²) in [6.07, 6.45) is 9.43. The summed E-state index contributed by atoms with van der Waals surface area (Å²) in [6.45, 7) is 0.971. The second-order valence-electron chi connectivity index (χ2n) is 6.16. The summed E-state index contributed by atoms with van der Waals surface area (Å²) in [5, 5.41) is 13.7. The number of hydrogen-bond acceptors (Lipinski definition) is 4. The molecule has 2 aliphatic rings. The van der Waals surface area contributed by atoms with Gasteiger partial charge in [0.1, 0.15) is 0 Å². The Morgan fingerprint density at radius 1 is 1.17 bits per heavy atom. The van der Waals surface area contributed by atoms with Crippen molar-refractivity contribution in [2.24, 2.45) is 0 Å². The average Bonchev–Trinajstić information content (AvgIpc) is 2.60. The van der Waals surface area contributed by atoms with Crippen LogP contribution in [-0.4, -0.2) is 25.9 Å². The largest absolute Gasteiger partial charge is 0.504 e. The van der Waals surface area contributed by atoms with Gasteiger partial charge in [-0.25, -0.2) is 0 Å². The average molecular weight is 315 g/mol. The van der Waals surface area contributed by atoms with Crippen LogP contribution in [0.15, 0.2) is 35.6 Å². The Labute approximate surface area is 137 Å². The highest BCUT2D eigenvalue weighted by molar-refractivity contribution is 5.48. The Balaban J connectivity index is 1.67. The van der Waals surface area contributed by atoms with Crippen molar-refractivity contribution in [3.63, 3.8) is 0 Å². The fourth-order valence-corrected chi connectivity index (χ4v) is 3.44. The van der Waals surface area contributed by atoms with Crippen LogP contribution in [0.3, 0.4) is 0 Å². The Morgan fingerprint density at radius 2 is 2.04 bits per heavy atom. The third-order valence-corrected chi connectivity index (χ3v) is 4.80. The van der Waals surface area contributed by atoms with E-state index < -0.39 is 0 Å². The predicted molar refractivity (Wildman–Crippen MR) is 90.7 cm³/mol. The number of methoxy groups -OCH3 is 2. The third-order valence-electron chi connectivity index (χ3n) is 4.80. The second-order valence-corrected chi connectivity index (χ2v) is 6.16. The lowest BCUT2D eigenvalue weighted by atomic mass is 9.89. The maximum atomic E-state index is 10.1. The van der Waals surface area contributed by atoms with Gasteiger partial charge in [0, 0.05) is 12.5 Å². The first-order valence-electron chi connectivity index (χ1n) is 8.25. The Kier molecular flexibility index (Phi) is 4.91. The molecule has 0 saturated carbocycles. The van der Waals surface area contributed by atoms with Crippen molar-refractivity contribution in [1.82, 2.24) is 5.32 Å². The molecule has 3 rings (SSSR count). The van der Waals surface area contributed by atoms with E-state index in [4.69, 9.17) is 9.47 Å². The van der Waals surface area contributed by atoms with Crippen molar-refractivity contribution in [3.8, 4) is 11.5 Å². The van der Waals surface area contributed by atoms with Crippen LogP contribution >= 0.6 is 0 Å². The van der Waals surface area contributed by atoms with Crippen LogP contribution < -0.4 is 10.1 Å². The number of hydrogen-bond donors (Lipinski definition) is 2. The number of ether oxygens (including phenoxy) is 2. The molecular formula is C19H25NO3. The monoisotopic (exact) mass is 315 g/mol. The summed E-state index contributed by atoms with van der Waals surface area (Å²) >= 11 is 0. The van der Waals surface area contributed by atoms with Crippen molar-refractivity contribution in [3.05, 3.63) is 46.7 Å². The van der Waals surface area contributed by atoms with Crippen molar-refractivity contribution < 1.29 is 14.6 Å². The number of phenols is 1. The molecule has 4 heteroatoms. The molecular weight excluding hydrogens is 290 g/mol. The number of fused-ring (bicyclic) bond motifs is 1. The van der Waals surface area contributed by atoms with E-state index in [-0.39, 0.29) is 5.75 Å². The lowest BCUT2D eigenvalue weighted by Gasteiger charge is -2.28. The van der Waals surface area contributed by atoms with Crippen LogP contribution in [0.2, 0.25) is 0 Å². The van der Waals surface area contributed by atoms with Crippen LogP contribution in [0, 0.1) is 0 Å². The molecule has 0 radical (unpaired) electrons. The summed E-state index contributed by atoms with van der Waals surface area (Å²) in [4.78, 5) is 0. The molecule has 4 nitrogen and oxygen atoms in total. The van der Waals surface area contributed by atoms with Gasteiger partial charge in [0.15, 0.2) is 11.5 Å². The zero-order chi connectivity index (χ0) is 16.2. The van der Waals surface area contributed by atoms with Gasteiger partial charge in [0.2, 0.25) is 0 Å². The van der Waals surface area contributed by atoms with Crippen LogP contribution in [0.5, 0.6) is 11.5 Å². The van der Waals surface area contributed by atoms with Gasteiger partial charge in [-0.15, -0.1) is 0 Å².